The van der Waals surface area contributed by atoms with Crippen molar-refractivity contribution in [3.8, 4) is 11.5 Å². The first-order chi connectivity index (χ1) is 11.9. The Labute approximate surface area is 150 Å². The molecular formula is C16H18N2O5S2. The lowest BCUT2D eigenvalue weighted by atomic mass is 10.2. The Morgan fingerprint density at radius 2 is 1.96 bits per heavy atom. The summed E-state index contributed by atoms with van der Waals surface area (Å²) in [5.41, 5.74) is -0.664. The van der Waals surface area contributed by atoms with E-state index in [1.165, 1.54) is 20.3 Å². The fourth-order valence-corrected chi connectivity index (χ4v) is 4.78. The van der Waals surface area contributed by atoms with Gasteiger partial charge in [-0.2, -0.15) is 4.72 Å². The lowest BCUT2D eigenvalue weighted by Gasteiger charge is -2.18. The summed E-state index contributed by atoms with van der Waals surface area (Å²) in [5, 5.41) is 4.42. The van der Waals surface area contributed by atoms with Crippen LogP contribution in [0.5, 0.6) is 11.5 Å². The van der Waals surface area contributed by atoms with Gasteiger partial charge >= 0.3 is 0 Å². The van der Waals surface area contributed by atoms with Crippen molar-refractivity contribution in [2.45, 2.75) is 22.6 Å². The second-order valence-corrected chi connectivity index (χ2v) is 8.50. The molecule has 0 unspecified atom stereocenters. The molecule has 1 saturated carbocycles. The van der Waals surface area contributed by atoms with E-state index in [9.17, 15) is 13.2 Å². The first kappa shape index (κ1) is 17.7. The molecule has 1 aromatic carbocycles. The third-order valence-electron chi connectivity index (χ3n) is 3.93. The van der Waals surface area contributed by atoms with Crippen LogP contribution in [-0.4, -0.2) is 34.1 Å². The van der Waals surface area contributed by atoms with E-state index in [0.29, 0.717) is 30.0 Å². The van der Waals surface area contributed by atoms with Crippen LogP contribution in [0.2, 0.25) is 0 Å². The normalized spacial score (nSPS) is 15.4. The molecule has 1 amide bonds. The Balaban J connectivity index is 1.77. The van der Waals surface area contributed by atoms with E-state index in [2.05, 4.69) is 10.0 Å². The molecule has 0 radical (unpaired) electrons. The molecule has 2 aromatic rings. The van der Waals surface area contributed by atoms with Gasteiger partial charge in [0.25, 0.3) is 10.0 Å². The monoisotopic (exact) mass is 382 g/mol. The van der Waals surface area contributed by atoms with E-state index >= 15 is 0 Å². The van der Waals surface area contributed by atoms with E-state index in [1.807, 2.05) is 0 Å². The molecule has 0 spiro atoms. The second kappa shape index (κ2) is 6.66. The highest BCUT2D eigenvalue weighted by Crippen LogP contribution is 2.39. The van der Waals surface area contributed by atoms with E-state index in [1.54, 1.807) is 29.6 Å². The molecule has 7 nitrogen and oxygen atoms in total. The zero-order valence-corrected chi connectivity index (χ0v) is 15.4. The van der Waals surface area contributed by atoms with Crippen LogP contribution in [0.3, 0.4) is 0 Å². The predicted molar refractivity (Wildman–Crippen MR) is 94.8 cm³/mol. The maximum atomic E-state index is 12.6. The van der Waals surface area contributed by atoms with Gasteiger partial charge in [-0.1, -0.05) is 6.07 Å². The standard InChI is InChI=1S/C16H18N2O5S2/c1-22-11-5-6-12(13(10-11)23-2)17-15(19)16(7-8-16)18-25(20,21)14-4-3-9-24-14/h3-6,9-10,18H,7-8H2,1-2H3,(H,17,19). The predicted octanol–water partition coefficient (Wildman–Crippen LogP) is 2.21. The van der Waals surface area contributed by atoms with E-state index in [4.69, 9.17) is 9.47 Å². The quantitative estimate of drug-likeness (QED) is 0.766. The second-order valence-electron chi connectivity index (χ2n) is 5.64. The maximum absolute atomic E-state index is 12.6. The summed E-state index contributed by atoms with van der Waals surface area (Å²) in [6.45, 7) is 0. The zero-order chi connectivity index (χ0) is 18.1. The minimum atomic E-state index is -3.72. The van der Waals surface area contributed by atoms with Crippen LogP contribution in [0.15, 0.2) is 39.9 Å². The topological polar surface area (TPSA) is 93.7 Å². The van der Waals surface area contributed by atoms with Gasteiger partial charge < -0.3 is 14.8 Å². The number of carbonyl (C=O) groups is 1. The minimum absolute atomic E-state index is 0.189. The summed E-state index contributed by atoms with van der Waals surface area (Å²) in [5.74, 6) is 0.620. The molecule has 0 aliphatic heterocycles. The Hall–Kier alpha value is -2.10. The number of carbonyl (C=O) groups excluding carboxylic acids is 1. The molecule has 1 aliphatic rings. The molecule has 1 fully saturated rings. The summed E-state index contributed by atoms with van der Waals surface area (Å²) in [6, 6.07) is 8.15. The lowest BCUT2D eigenvalue weighted by Crippen LogP contribution is -2.45. The lowest BCUT2D eigenvalue weighted by molar-refractivity contribution is -0.118. The van der Waals surface area contributed by atoms with Gasteiger partial charge in [-0.05, 0) is 36.4 Å². The first-order valence-corrected chi connectivity index (χ1v) is 9.87. The smallest absolute Gasteiger partial charge is 0.251 e. The number of sulfonamides is 1. The van der Waals surface area contributed by atoms with E-state index < -0.39 is 21.5 Å². The van der Waals surface area contributed by atoms with Crippen molar-refractivity contribution in [1.29, 1.82) is 0 Å². The highest BCUT2D eigenvalue weighted by molar-refractivity contribution is 7.91. The molecule has 25 heavy (non-hydrogen) atoms. The van der Waals surface area contributed by atoms with Gasteiger partial charge in [-0.3, -0.25) is 4.79 Å². The molecular weight excluding hydrogens is 364 g/mol. The van der Waals surface area contributed by atoms with Crippen LogP contribution < -0.4 is 19.5 Å². The van der Waals surface area contributed by atoms with Crippen LogP contribution in [0.1, 0.15) is 12.8 Å². The van der Waals surface area contributed by atoms with Crippen molar-refractivity contribution in [2.24, 2.45) is 0 Å². The number of ether oxygens (including phenoxy) is 2. The summed E-state index contributed by atoms with van der Waals surface area (Å²) in [7, 11) is -0.703. The number of nitrogens with one attached hydrogen (secondary N) is 2. The van der Waals surface area contributed by atoms with Gasteiger partial charge in [-0.15, -0.1) is 11.3 Å². The summed E-state index contributed by atoms with van der Waals surface area (Å²) < 4.78 is 37.9. The minimum Gasteiger partial charge on any atom is -0.497 e. The van der Waals surface area contributed by atoms with Crippen LogP contribution in [-0.2, 0) is 14.8 Å². The summed E-state index contributed by atoms with van der Waals surface area (Å²) >= 11 is 1.11. The molecule has 0 saturated heterocycles. The molecule has 0 atom stereocenters. The van der Waals surface area contributed by atoms with E-state index in [0.717, 1.165) is 11.3 Å². The van der Waals surface area contributed by atoms with Crippen molar-refractivity contribution in [1.82, 2.24) is 4.72 Å². The molecule has 3 rings (SSSR count). The average molecular weight is 382 g/mol. The zero-order valence-electron chi connectivity index (χ0n) is 13.7. The molecule has 2 N–H and O–H groups in total. The van der Waals surface area contributed by atoms with Crippen molar-refractivity contribution in [3.63, 3.8) is 0 Å². The molecule has 1 aromatic heterocycles. The third kappa shape index (κ3) is 3.63. The number of amides is 1. The van der Waals surface area contributed by atoms with E-state index in [-0.39, 0.29) is 4.21 Å². The number of thiophene rings is 1. The first-order valence-electron chi connectivity index (χ1n) is 7.51. The summed E-state index contributed by atoms with van der Waals surface area (Å²) in [6.07, 6.45) is 0.893. The maximum Gasteiger partial charge on any atom is 0.251 e. The number of benzene rings is 1. The van der Waals surface area contributed by atoms with Crippen molar-refractivity contribution in [3.05, 3.63) is 35.7 Å². The van der Waals surface area contributed by atoms with Gasteiger partial charge in [0.2, 0.25) is 5.91 Å². The highest BCUT2D eigenvalue weighted by atomic mass is 32.2. The Kier molecular flexibility index (Phi) is 4.72. The SMILES string of the molecule is COc1ccc(NC(=O)C2(NS(=O)(=O)c3cccs3)CC2)c(OC)c1. The molecule has 1 aliphatic carbocycles. The van der Waals surface area contributed by atoms with Gasteiger partial charge in [0.15, 0.2) is 0 Å². The Bertz CT molecular complexity index is 874. The van der Waals surface area contributed by atoms with Crippen LogP contribution in [0.25, 0.3) is 0 Å². The Morgan fingerprint density at radius 3 is 2.52 bits per heavy atom. The largest absolute Gasteiger partial charge is 0.497 e. The number of hydrogen-bond acceptors (Lipinski definition) is 6. The number of methoxy groups -OCH3 is 2. The fourth-order valence-electron chi connectivity index (χ4n) is 2.37. The van der Waals surface area contributed by atoms with Crippen molar-refractivity contribution < 1.29 is 22.7 Å². The highest BCUT2D eigenvalue weighted by Gasteiger charge is 2.53. The van der Waals surface area contributed by atoms with Gasteiger partial charge in [0.1, 0.15) is 21.2 Å². The molecule has 134 valence electrons. The van der Waals surface area contributed by atoms with Crippen molar-refractivity contribution in [2.75, 3.05) is 19.5 Å². The molecule has 1 heterocycles. The van der Waals surface area contributed by atoms with Crippen LogP contribution >= 0.6 is 11.3 Å². The number of anilines is 1. The number of rotatable bonds is 7. The van der Waals surface area contributed by atoms with Gasteiger partial charge in [-0.25, -0.2) is 8.42 Å². The van der Waals surface area contributed by atoms with Crippen molar-refractivity contribution >= 4 is 33.0 Å². The molecule has 9 heteroatoms. The van der Waals surface area contributed by atoms with Gasteiger partial charge in [0.05, 0.1) is 19.9 Å². The van der Waals surface area contributed by atoms with Crippen LogP contribution in [0, 0.1) is 0 Å². The number of hydrogen-bond donors (Lipinski definition) is 2. The van der Waals surface area contributed by atoms with Crippen LogP contribution in [0.4, 0.5) is 5.69 Å². The molecule has 0 bridgehead atoms. The summed E-state index contributed by atoms with van der Waals surface area (Å²) in [4.78, 5) is 12.6. The Morgan fingerprint density at radius 1 is 1.20 bits per heavy atom. The van der Waals surface area contributed by atoms with Gasteiger partial charge in [0, 0.05) is 6.07 Å². The third-order valence-corrected chi connectivity index (χ3v) is 6.86. The fraction of sp³-hybridized carbons (Fsp3) is 0.312. The average Bonchev–Trinajstić information content (AvgIpc) is 3.14.